The van der Waals surface area contributed by atoms with Gasteiger partial charge >= 0.3 is 0 Å². The normalized spacial score (nSPS) is 18.1. The number of H-pyrrole nitrogens is 1. The maximum atomic E-state index is 5.38. The molecule has 84 valence electrons. The Labute approximate surface area is 102 Å². The monoisotopic (exact) mass is 281 g/mol. The Bertz CT molecular complexity index is 505. The summed E-state index contributed by atoms with van der Waals surface area (Å²) in [5, 5.41) is 1.12. The van der Waals surface area contributed by atoms with Crippen molar-refractivity contribution in [2.45, 2.75) is 18.8 Å². The predicted molar refractivity (Wildman–Crippen MR) is 64.4 cm³/mol. The molecule has 1 N–H and O–H groups in total. The molecule has 0 amide bonds. The molecule has 0 aliphatic carbocycles. The van der Waals surface area contributed by atoms with Gasteiger partial charge in [0.25, 0.3) is 0 Å². The van der Waals surface area contributed by atoms with Crippen LogP contribution in [-0.4, -0.2) is 28.2 Å². The van der Waals surface area contributed by atoms with E-state index in [4.69, 9.17) is 4.74 Å². The quantitative estimate of drug-likeness (QED) is 0.874. The highest BCUT2D eigenvalue weighted by molar-refractivity contribution is 9.10. The summed E-state index contributed by atoms with van der Waals surface area (Å²) in [6.45, 7) is 1.66. The maximum absolute atomic E-state index is 5.38. The molecule has 1 aliphatic heterocycles. The molecule has 4 nitrogen and oxygen atoms in total. The molecular formula is C11H12BrN3O. The van der Waals surface area contributed by atoms with Gasteiger partial charge in [0.1, 0.15) is 12.0 Å². The van der Waals surface area contributed by atoms with E-state index < -0.39 is 0 Å². The summed E-state index contributed by atoms with van der Waals surface area (Å²) in [6.07, 6.45) is 5.64. The largest absolute Gasteiger partial charge is 0.381 e. The smallest absolute Gasteiger partial charge is 0.142 e. The molecule has 3 rings (SSSR count). The standard InChI is InChI=1S/C11H12BrN3O/c12-8-5-13-11-9(8)10(14-6-15-11)7-1-3-16-4-2-7/h5-7H,1-4H2,(H,13,14,15). The van der Waals surface area contributed by atoms with Gasteiger partial charge in [0.2, 0.25) is 0 Å². The van der Waals surface area contributed by atoms with Crippen molar-refractivity contribution in [1.29, 1.82) is 0 Å². The molecule has 3 heterocycles. The van der Waals surface area contributed by atoms with E-state index in [0.29, 0.717) is 5.92 Å². The first-order valence-electron chi connectivity index (χ1n) is 5.41. The molecule has 5 heteroatoms. The highest BCUT2D eigenvalue weighted by Gasteiger charge is 2.21. The van der Waals surface area contributed by atoms with Gasteiger partial charge in [-0.25, -0.2) is 9.97 Å². The van der Waals surface area contributed by atoms with Crippen LogP contribution < -0.4 is 0 Å². The number of hydrogen-bond acceptors (Lipinski definition) is 3. The number of fused-ring (bicyclic) bond motifs is 1. The van der Waals surface area contributed by atoms with E-state index in [1.54, 1.807) is 6.33 Å². The maximum Gasteiger partial charge on any atom is 0.142 e. The van der Waals surface area contributed by atoms with Crippen molar-refractivity contribution in [3.8, 4) is 0 Å². The Morgan fingerprint density at radius 3 is 2.94 bits per heavy atom. The van der Waals surface area contributed by atoms with Crippen LogP contribution in [0.25, 0.3) is 11.0 Å². The van der Waals surface area contributed by atoms with Gasteiger partial charge in [-0.05, 0) is 28.8 Å². The number of nitrogens with zero attached hydrogens (tertiary/aromatic N) is 2. The number of rotatable bonds is 1. The molecule has 0 unspecified atom stereocenters. The first-order chi connectivity index (χ1) is 7.86. The summed E-state index contributed by atoms with van der Waals surface area (Å²) < 4.78 is 6.43. The molecule has 1 fully saturated rings. The molecule has 0 spiro atoms. The molecule has 0 atom stereocenters. The zero-order chi connectivity index (χ0) is 11.0. The fourth-order valence-corrected chi connectivity index (χ4v) is 2.73. The van der Waals surface area contributed by atoms with Gasteiger partial charge in [-0.2, -0.15) is 0 Å². The summed E-state index contributed by atoms with van der Waals surface area (Å²) in [7, 11) is 0. The SMILES string of the molecule is Brc1c[nH]c2ncnc(C3CCOCC3)c12. The van der Waals surface area contributed by atoms with Crippen molar-refractivity contribution >= 4 is 27.0 Å². The fourth-order valence-electron chi connectivity index (χ4n) is 2.23. The lowest BCUT2D eigenvalue weighted by Gasteiger charge is -2.21. The highest BCUT2D eigenvalue weighted by atomic mass is 79.9. The average molecular weight is 282 g/mol. The zero-order valence-electron chi connectivity index (χ0n) is 8.74. The first kappa shape index (κ1) is 10.2. The second kappa shape index (κ2) is 4.14. The van der Waals surface area contributed by atoms with E-state index in [9.17, 15) is 0 Å². The highest BCUT2D eigenvalue weighted by Crippen LogP contribution is 2.33. The van der Waals surface area contributed by atoms with Crippen molar-refractivity contribution in [3.63, 3.8) is 0 Å². The lowest BCUT2D eigenvalue weighted by molar-refractivity contribution is 0.0848. The van der Waals surface area contributed by atoms with Gasteiger partial charge in [-0.3, -0.25) is 0 Å². The Kier molecular flexibility index (Phi) is 2.65. The Morgan fingerprint density at radius 2 is 2.12 bits per heavy atom. The summed E-state index contributed by atoms with van der Waals surface area (Å²) in [5.74, 6) is 0.492. The van der Waals surface area contributed by atoms with Crippen LogP contribution in [0.4, 0.5) is 0 Å². The van der Waals surface area contributed by atoms with E-state index in [1.165, 1.54) is 0 Å². The van der Waals surface area contributed by atoms with E-state index in [2.05, 4.69) is 30.9 Å². The van der Waals surface area contributed by atoms with Gasteiger partial charge < -0.3 is 9.72 Å². The summed E-state index contributed by atoms with van der Waals surface area (Å²) in [5.41, 5.74) is 2.05. The topological polar surface area (TPSA) is 50.8 Å². The van der Waals surface area contributed by atoms with Crippen LogP contribution in [0.5, 0.6) is 0 Å². The van der Waals surface area contributed by atoms with Crippen LogP contribution in [0.15, 0.2) is 17.0 Å². The van der Waals surface area contributed by atoms with E-state index in [0.717, 1.165) is 47.3 Å². The van der Waals surface area contributed by atoms with Crippen LogP contribution in [-0.2, 0) is 4.74 Å². The number of hydrogen-bond donors (Lipinski definition) is 1. The predicted octanol–water partition coefficient (Wildman–Crippen LogP) is 2.61. The molecular weight excluding hydrogens is 270 g/mol. The molecule has 0 aromatic carbocycles. The minimum Gasteiger partial charge on any atom is -0.381 e. The first-order valence-corrected chi connectivity index (χ1v) is 6.21. The second-order valence-electron chi connectivity index (χ2n) is 4.01. The van der Waals surface area contributed by atoms with E-state index >= 15 is 0 Å². The minimum absolute atomic E-state index is 0.492. The number of ether oxygens (including phenoxy) is 1. The Morgan fingerprint density at radius 1 is 1.31 bits per heavy atom. The van der Waals surface area contributed by atoms with Crippen molar-refractivity contribution < 1.29 is 4.74 Å². The number of nitrogens with one attached hydrogen (secondary N) is 1. The van der Waals surface area contributed by atoms with Crippen molar-refractivity contribution in [1.82, 2.24) is 15.0 Å². The third-order valence-corrected chi connectivity index (χ3v) is 3.68. The molecule has 0 radical (unpaired) electrons. The zero-order valence-corrected chi connectivity index (χ0v) is 10.3. The summed E-state index contributed by atoms with van der Waals surface area (Å²) in [6, 6.07) is 0. The molecule has 2 aromatic heterocycles. The molecule has 1 saturated heterocycles. The molecule has 0 bridgehead atoms. The lowest BCUT2D eigenvalue weighted by atomic mass is 9.94. The lowest BCUT2D eigenvalue weighted by Crippen LogP contribution is -2.15. The molecule has 1 aliphatic rings. The molecule has 16 heavy (non-hydrogen) atoms. The molecule has 0 saturated carbocycles. The van der Waals surface area contributed by atoms with Gasteiger partial charge in [0, 0.05) is 29.8 Å². The van der Waals surface area contributed by atoms with E-state index in [-0.39, 0.29) is 0 Å². The van der Waals surface area contributed by atoms with Gasteiger partial charge in [0.05, 0.1) is 11.1 Å². The van der Waals surface area contributed by atoms with Gasteiger partial charge in [-0.1, -0.05) is 0 Å². The summed E-state index contributed by atoms with van der Waals surface area (Å²) >= 11 is 3.54. The number of halogens is 1. The van der Waals surface area contributed by atoms with Crippen LogP contribution in [0.2, 0.25) is 0 Å². The van der Waals surface area contributed by atoms with Gasteiger partial charge in [0.15, 0.2) is 0 Å². The van der Waals surface area contributed by atoms with Gasteiger partial charge in [-0.15, -0.1) is 0 Å². The van der Waals surface area contributed by atoms with Crippen LogP contribution in [0.3, 0.4) is 0 Å². The third-order valence-electron chi connectivity index (χ3n) is 3.06. The van der Waals surface area contributed by atoms with Crippen molar-refractivity contribution in [2.24, 2.45) is 0 Å². The molecule has 2 aromatic rings. The Balaban J connectivity index is 2.10. The minimum atomic E-state index is 0.492. The third kappa shape index (κ3) is 1.64. The fraction of sp³-hybridized carbons (Fsp3) is 0.455. The van der Waals surface area contributed by atoms with Crippen molar-refractivity contribution in [2.75, 3.05) is 13.2 Å². The summed E-state index contributed by atoms with van der Waals surface area (Å²) in [4.78, 5) is 11.8. The Hall–Kier alpha value is -0.940. The van der Waals surface area contributed by atoms with Crippen LogP contribution in [0, 0.1) is 0 Å². The number of aromatic amines is 1. The van der Waals surface area contributed by atoms with Crippen LogP contribution >= 0.6 is 15.9 Å². The second-order valence-corrected chi connectivity index (χ2v) is 4.86. The van der Waals surface area contributed by atoms with Crippen LogP contribution in [0.1, 0.15) is 24.5 Å². The van der Waals surface area contributed by atoms with Crippen molar-refractivity contribution in [3.05, 3.63) is 22.7 Å². The number of aromatic nitrogens is 3. The average Bonchev–Trinajstić information content (AvgIpc) is 2.73. The van der Waals surface area contributed by atoms with E-state index in [1.807, 2.05) is 6.20 Å².